The Morgan fingerprint density at radius 3 is 2.48 bits per heavy atom. The molecule has 0 bridgehead atoms. The highest BCUT2D eigenvalue weighted by Crippen LogP contribution is 2.34. The third-order valence-electron chi connectivity index (χ3n) is 4.42. The lowest BCUT2D eigenvalue weighted by Crippen LogP contribution is -2.28. The predicted molar refractivity (Wildman–Crippen MR) is 93.7 cm³/mol. The molecule has 2 amide bonds. The van der Waals surface area contributed by atoms with Crippen molar-refractivity contribution in [2.24, 2.45) is 0 Å². The number of carbonyl (C=O) groups is 1. The lowest BCUT2D eigenvalue weighted by Gasteiger charge is -2.11. The zero-order valence-electron chi connectivity index (χ0n) is 12.8. The van der Waals surface area contributed by atoms with E-state index < -0.39 is 0 Å². The van der Waals surface area contributed by atoms with Crippen LogP contribution in [0.4, 0.5) is 10.5 Å². The van der Waals surface area contributed by atoms with Crippen molar-refractivity contribution in [3.63, 3.8) is 0 Å². The first kappa shape index (κ1) is 13.8. The van der Waals surface area contributed by atoms with E-state index in [-0.39, 0.29) is 6.03 Å². The first-order valence-electron chi connectivity index (χ1n) is 7.93. The molecule has 1 aliphatic carbocycles. The summed E-state index contributed by atoms with van der Waals surface area (Å²) in [6, 6.07) is 20.2. The van der Waals surface area contributed by atoms with Gasteiger partial charge in [0.2, 0.25) is 0 Å². The zero-order chi connectivity index (χ0) is 15.6. The van der Waals surface area contributed by atoms with Gasteiger partial charge in [-0.15, -0.1) is 0 Å². The van der Waals surface area contributed by atoms with Crippen molar-refractivity contribution >= 4 is 22.5 Å². The summed E-state index contributed by atoms with van der Waals surface area (Å²) >= 11 is 0. The van der Waals surface area contributed by atoms with Crippen molar-refractivity contribution < 1.29 is 4.79 Å². The summed E-state index contributed by atoms with van der Waals surface area (Å²) < 4.78 is 0. The molecule has 2 N–H and O–H groups in total. The Kier molecular flexibility index (Phi) is 3.46. The monoisotopic (exact) mass is 302 g/mol. The molecular formula is C20H18N2O. The maximum absolute atomic E-state index is 12.2. The molecule has 1 aliphatic rings. The largest absolute Gasteiger partial charge is 0.334 e. The van der Waals surface area contributed by atoms with E-state index in [0.29, 0.717) is 6.54 Å². The van der Waals surface area contributed by atoms with Gasteiger partial charge in [0.05, 0.1) is 5.69 Å². The summed E-state index contributed by atoms with van der Waals surface area (Å²) in [5.74, 6) is 0. The molecule has 0 heterocycles. The van der Waals surface area contributed by atoms with E-state index in [1.165, 1.54) is 16.5 Å². The molecule has 114 valence electrons. The molecule has 3 aromatic rings. The highest BCUT2D eigenvalue weighted by atomic mass is 16.2. The summed E-state index contributed by atoms with van der Waals surface area (Å²) in [7, 11) is 0. The molecular weight excluding hydrogens is 284 g/mol. The molecule has 0 aromatic heterocycles. The number of nitrogens with one attached hydrogen (secondary N) is 2. The molecule has 0 saturated heterocycles. The number of rotatable bonds is 3. The third kappa shape index (κ3) is 2.66. The quantitative estimate of drug-likeness (QED) is 0.745. The number of anilines is 1. The second-order valence-corrected chi connectivity index (χ2v) is 5.91. The van der Waals surface area contributed by atoms with E-state index in [0.717, 1.165) is 29.5 Å². The topological polar surface area (TPSA) is 41.1 Å². The van der Waals surface area contributed by atoms with Crippen molar-refractivity contribution in [2.75, 3.05) is 5.32 Å². The van der Waals surface area contributed by atoms with Crippen LogP contribution in [0, 0.1) is 0 Å². The molecule has 3 heteroatoms. The highest BCUT2D eigenvalue weighted by molar-refractivity contribution is 6.04. The van der Waals surface area contributed by atoms with Gasteiger partial charge in [-0.05, 0) is 41.0 Å². The van der Waals surface area contributed by atoms with Crippen LogP contribution in [0.2, 0.25) is 0 Å². The van der Waals surface area contributed by atoms with Crippen LogP contribution in [0.5, 0.6) is 0 Å². The van der Waals surface area contributed by atoms with Gasteiger partial charge >= 0.3 is 6.03 Å². The maximum Gasteiger partial charge on any atom is 0.319 e. The minimum absolute atomic E-state index is 0.174. The van der Waals surface area contributed by atoms with Crippen LogP contribution in [0.3, 0.4) is 0 Å². The van der Waals surface area contributed by atoms with Crippen LogP contribution >= 0.6 is 0 Å². The lowest BCUT2D eigenvalue weighted by atomic mass is 10.0. The number of carbonyl (C=O) groups excluding carboxylic acids is 1. The van der Waals surface area contributed by atoms with Crippen molar-refractivity contribution in [1.82, 2.24) is 5.32 Å². The summed E-state index contributed by atoms with van der Waals surface area (Å²) in [6.45, 7) is 0.522. The van der Waals surface area contributed by atoms with Crippen LogP contribution in [0.1, 0.15) is 16.7 Å². The Hall–Kier alpha value is -2.81. The van der Waals surface area contributed by atoms with Crippen LogP contribution in [-0.4, -0.2) is 6.03 Å². The zero-order valence-corrected chi connectivity index (χ0v) is 12.8. The van der Waals surface area contributed by atoms with E-state index in [1.807, 2.05) is 36.4 Å². The molecule has 3 nitrogen and oxygen atoms in total. The van der Waals surface area contributed by atoms with Crippen LogP contribution in [0.25, 0.3) is 10.8 Å². The second kappa shape index (κ2) is 5.76. The van der Waals surface area contributed by atoms with E-state index in [1.54, 1.807) is 0 Å². The summed E-state index contributed by atoms with van der Waals surface area (Å²) in [4.78, 5) is 12.2. The van der Waals surface area contributed by atoms with Gasteiger partial charge in [-0.3, -0.25) is 0 Å². The minimum atomic E-state index is -0.174. The normalized spacial score (nSPS) is 12.3. The van der Waals surface area contributed by atoms with Gasteiger partial charge in [-0.2, -0.15) is 0 Å². The van der Waals surface area contributed by atoms with Crippen molar-refractivity contribution in [2.45, 2.75) is 19.4 Å². The van der Waals surface area contributed by atoms with Crippen LogP contribution in [0.15, 0.2) is 60.7 Å². The van der Waals surface area contributed by atoms with E-state index >= 15 is 0 Å². The Labute approximate surface area is 135 Å². The average molecular weight is 302 g/mol. The summed E-state index contributed by atoms with van der Waals surface area (Å²) in [5.41, 5.74) is 4.72. The molecule has 0 saturated carbocycles. The standard InChI is InChI=1S/C20H18N2O/c23-20(21-13-14-5-2-1-3-6-14)22-18-12-11-16-10-9-15-7-4-8-17(18)19(15)16/h1-8,11-12H,9-10,13H2,(H2,21,22,23). The van der Waals surface area contributed by atoms with Crippen molar-refractivity contribution in [1.29, 1.82) is 0 Å². The van der Waals surface area contributed by atoms with Gasteiger partial charge in [0.15, 0.2) is 0 Å². The van der Waals surface area contributed by atoms with Gasteiger partial charge in [-0.1, -0.05) is 54.6 Å². The Bertz CT molecular complexity index is 861. The smallest absolute Gasteiger partial charge is 0.319 e. The molecule has 3 aromatic carbocycles. The number of hydrogen-bond acceptors (Lipinski definition) is 1. The molecule has 4 rings (SSSR count). The van der Waals surface area contributed by atoms with Crippen LogP contribution < -0.4 is 10.6 Å². The number of urea groups is 1. The summed E-state index contributed by atoms with van der Waals surface area (Å²) in [5, 5.41) is 8.34. The fourth-order valence-corrected chi connectivity index (χ4v) is 3.30. The van der Waals surface area contributed by atoms with Gasteiger partial charge in [0.1, 0.15) is 0 Å². The molecule has 0 spiro atoms. The Morgan fingerprint density at radius 2 is 1.65 bits per heavy atom. The van der Waals surface area contributed by atoms with E-state index in [9.17, 15) is 4.79 Å². The third-order valence-corrected chi connectivity index (χ3v) is 4.42. The number of benzene rings is 3. The molecule has 0 atom stereocenters. The van der Waals surface area contributed by atoms with Crippen molar-refractivity contribution in [3.05, 3.63) is 77.4 Å². The number of amides is 2. The van der Waals surface area contributed by atoms with Gasteiger partial charge in [-0.25, -0.2) is 4.79 Å². The lowest BCUT2D eigenvalue weighted by molar-refractivity contribution is 0.252. The Morgan fingerprint density at radius 1 is 0.870 bits per heavy atom. The van der Waals surface area contributed by atoms with Crippen LogP contribution in [-0.2, 0) is 19.4 Å². The first-order valence-corrected chi connectivity index (χ1v) is 7.93. The van der Waals surface area contributed by atoms with E-state index in [2.05, 4.69) is 34.9 Å². The number of aryl methyl sites for hydroxylation is 2. The average Bonchev–Trinajstić information content (AvgIpc) is 3.01. The van der Waals surface area contributed by atoms with Gasteiger partial charge < -0.3 is 10.6 Å². The Balaban J connectivity index is 1.53. The summed E-state index contributed by atoms with van der Waals surface area (Å²) in [6.07, 6.45) is 2.19. The van der Waals surface area contributed by atoms with Gasteiger partial charge in [0, 0.05) is 11.9 Å². The number of hydrogen-bond donors (Lipinski definition) is 2. The fourth-order valence-electron chi connectivity index (χ4n) is 3.30. The highest BCUT2D eigenvalue weighted by Gasteiger charge is 2.16. The molecule has 0 aliphatic heterocycles. The van der Waals surface area contributed by atoms with E-state index in [4.69, 9.17) is 0 Å². The second-order valence-electron chi connectivity index (χ2n) is 5.91. The van der Waals surface area contributed by atoms with Gasteiger partial charge in [0.25, 0.3) is 0 Å². The fraction of sp³-hybridized carbons (Fsp3) is 0.150. The molecule has 0 unspecified atom stereocenters. The molecule has 0 radical (unpaired) electrons. The van der Waals surface area contributed by atoms with Crippen molar-refractivity contribution in [3.8, 4) is 0 Å². The molecule has 0 fully saturated rings. The maximum atomic E-state index is 12.2. The SMILES string of the molecule is O=C(NCc1ccccc1)Nc1ccc2c3c(cccc13)CC2. The minimum Gasteiger partial charge on any atom is -0.334 e. The predicted octanol–water partition coefficient (Wildman–Crippen LogP) is 4.26. The molecule has 23 heavy (non-hydrogen) atoms. The first-order chi connectivity index (χ1) is 11.3.